The molecule has 1 saturated heterocycles. The van der Waals surface area contributed by atoms with Crippen molar-refractivity contribution in [3.63, 3.8) is 0 Å². The minimum Gasteiger partial charge on any atom is -0.462 e. The number of amides is 1. The van der Waals surface area contributed by atoms with Crippen LogP contribution in [0.15, 0.2) is 48.5 Å². The lowest BCUT2D eigenvalue weighted by molar-refractivity contribution is 0.0526. The molecule has 2 N–H and O–H groups in total. The number of carbonyl (C=O) groups excluding carboxylic acids is 2. The smallest absolute Gasteiger partial charge is 0.338 e. The maximum atomic E-state index is 12.5. The first-order valence-corrected chi connectivity index (χ1v) is 10.2. The van der Waals surface area contributed by atoms with Gasteiger partial charge in [0.2, 0.25) is 0 Å². The van der Waals surface area contributed by atoms with Crippen LogP contribution in [0.4, 0.5) is 11.4 Å². The summed E-state index contributed by atoms with van der Waals surface area (Å²) >= 11 is 5.34. The number of nitrogens with one attached hydrogen (secondary N) is 2. The zero-order valence-electron chi connectivity index (χ0n) is 16.4. The standard InChI is InChI=1S/C22H25N3O3S/c1-2-28-21(27)17-8-12-19(13-9-17)24-22(29)23-18-10-6-16(7-11-18)20(26)25-14-4-3-5-15-25/h6-13H,2-5,14-15H2,1H3,(H2,23,24,29). The molecule has 6 nitrogen and oxygen atoms in total. The number of hydrogen-bond acceptors (Lipinski definition) is 4. The Morgan fingerprint density at radius 1 is 0.897 bits per heavy atom. The number of likely N-dealkylation sites (tertiary alicyclic amines) is 1. The Bertz CT molecular complexity index is 860. The van der Waals surface area contributed by atoms with E-state index in [1.165, 1.54) is 6.42 Å². The molecule has 2 aromatic carbocycles. The fourth-order valence-electron chi connectivity index (χ4n) is 3.17. The lowest BCUT2D eigenvalue weighted by atomic mass is 10.1. The minimum atomic E-state index is -0.348. The highest BCUT2D eigenvalue weighted by Gasteiger charge is 2.17. The van der Waals surface area contributed by atoms with Crippen LogP contribution in [0.1, 0.15) is 46.9 Å². The molecule has 1 amide bonds. The Labute approximate surface area is 176 Å². The third-order valence-electron chi connectivity index (χ3n) is 4.69. The van der Waals surface area contributed by atoms with Crippen molar-refractivity contribution in [3.05, 3.63) is 59.7 Å². The number of ether oxygens (including phenoxy) is 1. The molecule has 0 aliphatic carbocycles. The first-order valence-electron chi connectivity index (χ1n) is 9.81. The summed E-state index contributed by atoms with van der Waals surface area (Å²) in [5, 5.41) is 6.59. The number of nitrogens with zero attached hydrogens (tertiary/aromatic N) is 1. The minimum absolute atomic E-state index is 0.0821. The van der Waals surface area contributed by atoms with E-state index < -0.39 is 0 Å². The molecule has 1 heterocycles. The highest BCUT2D eigenvalue weighted by Crippen LogP contribution is 2.16. The van der Waals surface area contributed by atoms with Crippen LogP contribution >= 0.6 is 12.2 Å². The van der Waals surface area contributed by atoms with Crippen LogP contribution in [0.5, 0.6) is 0 Å². The summed E-state index contributed by atoms with van der Waals surface area (Å²) < 4.78 is 4.97. The van der Waals surface area contributed by atoms with Gasteiger partial charge in [0, 0.05) is 30.0 Å². The first kappa shape index (κ1) is 20.8. The molecule has 0 radical (unpaired) electrons. The van der Waals surface area contributed by atoms with Crippen LogP contribution < -0.4 is 10.6 Å². The molecule has 1 fully saturated rings. The summed E-state index contributed by atoms with van der Waals surface area (Å²) in [6.45, 7) is 3.78. The Morgan fingerprint density at radius 3 is 1.93 bits per heavy atom. The van der Waals surface area contributed by atoms with E-state index in [1.807, 2.05) is 29.2 Å². The second-order valence-electron chi connectivity index (χ2n) is 6.81. The van der Waals surface area contributed by atoms with Crippen LogP contribution in [0, 0.1) is 0 Å². The van der Waals surface area contributed by atoms with E-state index in [2.05, 4.69) is 10.6 Å². The Morgan fingerprint density at radius 2 is 1.41 bits per heavy atom. The zero-order valence-corrected chi connectivity index (χ0v) is 17.3. The van der Waals surface area contributed by atoms with Gasteiger partial charge in [-0.1, -0.05) is 0 Å². The van der Waals surface area contributed by atoms with Crippen molar-refractivity contribution >= 4 is 40.6 Å². The zero-order chi connectivity index (χ0) is 20.6. The van der Waals surface area contributed by atoms with Crippen molar-refractivity contribution in [2.45, 2.75) is 26.2 Å². The second kappa shape index (κ2) is 10.0. The molecule has 2 aromatic rings. The van der Waals surface area contributed by atoms with Crippen LogP contribution in [-0.2, 0) is 4.74 Å². The van der Waals surface area contributed by atoms with Crippen molar-refractivity contribution in [3.8, 4) is 0 Å². The van der Waals surface area contributed by atoms with E-state index in [-0.39, 0.29) is 11.9 Å². The highest BCUT2D eigenvalue weighted by atomic mass is 32.1. The van der Waals surface area contributed by atoms with E-state index in [1.54, 1.807) is 31.2 Å². The molecular formula is C22H25N3O3S. The van der Waals surface area contributed by atoms with Gasteiger partial charge in [0.05, 0.1) is 12.2 Å². The van der Waals surface area contributed by atoms with Crippen LogP contribution in [0.25, 0.3) is 0 Å². The summed E-state index contributed by atoms with van der Waals surface area (Å²) in [5.41, 5.74) is 2.73. The highest BCUT2D eigenvalue weighted by molar-refractivity contribution is 7.80. The second-order valence-corrected chi connectivity index (χ2v) is 7.22. The first-order chi connectivity index (χ1) is 14.1. The van der Waals surface area contributed by atoms with Crippen molar-refractivity contribution in [2.75, 3.05) is 30.3 Å². The lowest BCUT2D eigenvalue weighted by Crippen LogP contribution is -2.35. The molecule has 0 unspecified atom stereocenters. The fourth-order valence-corrected chi connectivity index (χ4v) is 3.41. The van der Waals surface area contributed by atoms with Crippen LogP contribution in [0.2, 0.25) is 0 Å². The Kier molecular flexibility index (Phi) is 7.19. The lowest BCUT2D eigenvalue weighted by Gasteiger charge is -2.26. The average Bonchev–Trinajstić information content (AvgIpc) is 2.75. The molecular weight excluding hydrogens is 386 g/mol. The summed E-state index contributed by atoms with van der Waals surface area (Å²) in [6.07, 6.45) is 3.35. The predicted octanol–water partition coefficient (Wildman–Crippen LogP) is 4.30. The number of rotatable bonds is 5. The third-order valence-corrected chi connectivity index (χ3v) is 4.89. The molecule has 0 atom stereocenters. The molecule has 152 valence electrons. The maximum Gasteiger partial charge on any atom is 0.338 e. The average molecular weight is 412 g/mol. The number of esters is 1. The SMILES string of the molecule is CCOC(=O)c1ccc(NC(=S)Nc2ccc(C(=O)N3CCCCC3)cc2)cc1. The van der Waals surface area contributed by atoms with Gasteiger partial charge in [-0.3, -0.25) is 4.79 Å². The topological polar surface area (TPSA) is 70.7 Å². The third kappa shape index (κ3) is 5.77. The number of hydrogen-bond donors (Lipinski definition) is 2. The molecule has 29 heavy (non-hydrogen) atoms. The molecule has 1 aliphatic heterocycles. The van der Waals surface area contributed by atoms with Gasteiger partial charge in [0.25, 0.3) is 5.91 Å². The number of piperidine rings is 1. The Hall–Kier alpha value is -2.93. The van der Waals surface area contributed by atoms with Gasteiger partial charge in [-0.25, -0.2) is 4.79 Å². The van der Waals surface area contributed by atoms with Crippen molar-refractivity contribution in [1.82, 2.24) is 4.90 Å². The van der Waals surface area contributed by atoms with Gasteiger partial charge in [0.15, 0.2) is 5.11 Å². The maximum absolute atomic E-state index is 12.5. The molecule has 1 aliphatic rings. The molecule has 0 bridgehead atoms. The Balaban J connectivity index is 1.54. The van der Waals surface area contributed by atoms with E-state index in [0.717, 1.165) is 37.3 Å². The largest absolute Gasteiger partial charge is 0.462 e. The van der Waals surface area contributed by atoms with Crippen LogP contribution in [0.3, 0.4) is 0 Å². The van der Waals surface area contributed by atoms with E-state index in [4.69, 9.17) is 17.0 Å². The summed E-state index contributed by atoms with van der Waals surface area (Å²) in [6, 6.07) is 14.2. The van der Waals surface area contributed by atoms with Gasteiger partial charge in [-0.15, -0.1) is 0 Å². The fraction of sp³-hybridized carbons (Fsp3) is 0.318. The molecule has 0 aromatic heterocycles. The molecule has 7 heteroatoms. The van der Waals surface area contributed by atoms with Gasteiger partial charge < -0.3 is 20.3 Å². The summed E-state index contributed by atoms with van der Waals surface area (Å²) in [4.78, 5) is 26.1. The van der Waals surface area contributed by atoms with Crippen molar-refractivity contribution < 1.29 is 14.3 Å². The van der Waals surface area contributed by atoms with Crippen molar-refractivity contribution in [2.24, 2.45) is 0 Å². The van der Waals surface area contributed by atoms with Crippen molar-refractivity contribution in [1.29, 1.82) is 0 Å². The number of anilines is 2. The van der Waals surface area contributed by atoms with E-state index in [0.29, 0.717) is 22.8 Å². The van der Waals surface area contributed by atoms with Crippen LogP contribution in [-0.4, -0.2) is 41.6 Å². The van der Waals surface area contributed by atoms with Gasteiger partial charge in [-0.05, 0) is 86.9 Å². The van der Waals surface area contributed by atoms with Gasteiger partial charge in [-0.2, -0.15) is 0 Å². The van der Waals surface area contributed by atoms with Gasteiger partial charge in [0.1, 0.15) is 0 Å². The molecule has 3 rings (SSSR count). The number of benzene rings is 2. The summed E-state index contributed by atoms with van der Waals surface area (Å²) in [7, 11) is 0. The summed E-state index contributed by atoms with van der Waals surface area (Å²) in [5.74, 6) is -0.266. The molecule has 0 saturated carbocycles. The predicted molar refractivity (Wildman–Crippen MR) is 118 cm³/mol. The molecule has 0 spiro atoms. The van der Waals surface area contributed by atoms with Gasteiger partial charge >= 0.3 is 5.97 Å². The monoisotopic (exact) mass is 411 g/mol. The van der Waals surface area contributed by atoms with E-state index in [9.17, 15) is 9.59 Å². The number of carbonyl (C=O) groups is 2. The normalized spacial score (nSPS) is 13.5. The van der Waals surface area contributed by atoms with E-state index >= 15 is 0 Å². The number of thiocarbonyl (C=S) groups is 1. The quantitative estimate of drug-likeness (QED) is 0.565.